The van der Waals surface area contributed by atoms with Crippen molar-refractivity contribution in [2.24, 2.45) is 0 Å². The predicted octanol–water partition coefficient (Wildman–Crippen LogP) is 4.15. The summed E-state index contributed by atoms with van der Waals surface area (Å²) >= 11 is 6.30. The van der Waals surface area contributed by atoms with Gasteiger partial charge in [-0.3, -0.25) is 4.72 Å². The molecule has 0 fully saturated rings. The molecule has 7 heteroatoms. The molecule has 0 saturated carbocycles. The fourth-order valence-electron chi connectivity index (χ4n) is 1.41. The number of benzene rings is 2. The maximum atomic E-state index is 13.6. The highest BCUT2D eigenvalue weighted by Crippen LogP contribution is 2.23. The van der Waals surface area contributed by atoms with Gasteiger partial charge in [-0.1, -0.05) is 37.9 Å². The standard InChI is InChI=1S/C12H8Br2FNO2S/c13-8-2-1-3-10(6-8)19(17,18)16-12-5-4-9(14)7-11(12)15/h1-7,16H. The minimum absolute atomic E-state index is 0.0594. The third-order valence-electron chi connectivity index (χ3n) is 2.28. The van der Waals surface area contributed by atoms with Gasteiger partial charge in [-0.2, -0.15) is 0 Å². The number of sulfonamides is 1. The Bertz CT molecular complexity index is 719. The van der Waals surface area contributed by atoms with Crippen LogP contribution in [0, 0.1) is 5.82 Å². The Hall–Kier alpha value is -0.920. The molecule has 0 saturated heterocycles. The van der Waals surface area contributed by atoms with Gasteiger partial charge in [-0.15, -0.1) is 0 Å². The third-order valence-corrected chi connectivity index (χ3v) is 4.63. The zero-order valence-corrected chi connectivity index (χ0v) is 13.4. The van der Waals surface area contributed by atoms with Crippen LogP contribution >= 0.6 is 31.9 Å². The fraction of sp³-hybridized carbons (Fsp3) is 0. The Morgan fingerprint density at radius 1 is 1.00 bits per heavy atom. The summed E-state index contributed by atoms with van der Waals surface area (Å²) in [5.74, 6) is -0.645. The second kappa shape index (κ2) is 5.60. The highest BCUT2D eigenvalue weighted by atomic mass is 79.9. The lowest BCUT2D eigenvalue weighted by molar-refractivity contribution is 0.598. The van der Waals surface area contributed by atoms with Crippen LogP contribution in [-0.4, -0.2) is 8.42 Å². The number of hydrogen-bond acceptors (Lipinski definition) is 2. The summed E-state index contributed by atoms with van der Waals surface area (Å²) in [6.45, 7) is 0. The van der Waals surface area contributed by atoms with Gasteiger partial charge in [0.25, 0.3) is 10.0 Å². The first-order chi connectivity index (χ1) is 8.88. The average molecular weight is 409 g/mol. The van der Waals surface area contributed by atoms with E-state index in [1.807, 2.05) is 0 Å². The summed E-state index contributed by atoms with van der Waals surface area (Å²) in [5.41, 5.74) is -0.0943. The Labute approximate surface area is 127 Å². The normalized spacial score (nSPS) is 11.3. The summed E-state index contributed by atoms with van der Waals surface area (Å²) < 4.78 is 41.2. The molecule has 3 nitrogen and oxygen atoms in total. The first-order valence-electron chi connectivity index (χ1n) is 5.12. The van der Waals surface area contributed by atoms with E-state index in [4.69, 9.17) is 0 Å². The molecule has 2 aromatic rings. The van der Waals surface area contributed by atoms with Crippen molar-refractivity contribution in [3.8, 4) is 0 Å². The summed E-state index contributed by atoms with van der Waals surface area (Å²) in [7, 11) is -3.81. The van der Waals surface area contributed by atoms with E-state index >= 15 is 0 Å². The van der Waals surface area contributed by atoms with E-state index in [0.717, 1.165) is 0 Å². The van der Waals surface area contributed by atoms with Gasteiger partial charge in [0.2, 0.25) is 0 Å². The molecule has 0 unspecified atom stereocenters. The van der Waals surface area contributed by atoms with Crippen LogP contribution in [0.2, 0.25) is 0 Å². The smallest absolute Gasteiger partial charge is 0.262 e. The Morgan fingerprint density at radius 3 is 2.32 bits per heavy atom. The van der Waals surface area contributed by atoms with Crippen molar-refractivity contribution >= 4 is 47.6 Å². The molecular formula is C12H8Br2FNO2S. The largest absolute Gasteiger partial charge is 0.277 e. The van der Waals surface area contributed by atoms with Crippen LogP contribution < -0.4 is 4.72 Å². The SMILES string of the molecule is O=S(=O)(Nc1ccc(Br)cc1F)c1cccc(Br)c1. The van der Waals surface area contributed by atoms with Crippen LogP contribution in [0.5, 0.6) is 0 Å². The van der Waals surface area contributed by atoms with Gasteiger partial charge in [0.15, 0.2) is 0 Å². The van der Waals surface area contributed by atoms with Crippen LogP contribution in [0.15, 0.2) is 56.3 Å². The molecule has 1 N–H and O–H groups in total. The number of anilines is 1. The number of hydrogen-bond donors (Lipinski definition) is 1. The van der Waals surface area contributed by atoms with Gasteiger partial charge in [-0.05, 0) is 36.4 Å². The Morgan fingerprint density at radius 2 is 1.68 bits per heavy atom. The molecule has 0 radical (unpaired) electrons. The van der Waals surface area contributed by atoms with Crippen molar-refractivity contribution in [1.29, 1.82) is 0 Å². The van der Waals surface area contributed by atoms with Crippen molar-refractivity contribution in [3.63, 3.8) is 0 Å². The summed E-state index contributed by atoms with van der Waals surface area (Å²) in [6.07, 6.45) is 0. The zero-order chi connectivity index (χ0) is 14.0. The predicted molar refractivity (Wildman–Crippen MR) is 79.1 cm³/mol. The van der Waals surface area contributed by atoms with Gasteiger partial charge in [0.1, 0.15) is 5.82 Å². The molecule has 0 aliphatic heterocycles. The molecule has 0 aliphatic carbocycles. The lowest BCUT2D eigenvalue weighted by atomic mass is 10.3. The number of halogens is 3. The maximum absolute atomic E-state index is 13.6. The van der Waals surface area contributed by atoms with Crippen molar-refractivity contribution in [2.45, 2.75) is 4.90 Å². The second-order valence-electron chi connectivity index (χ2n) is 3.69. The minimum Gasteiger partial charge on any atom is -0.277 e. The van der Waals surface area contributed by atoms with Crippen LogP contribution in [0.4, 0.5) is 10.1 Å². The van der Waals surface area contributed by atoms with Gasteiger partial charge < -0.3 is 0 Å². The van der Waals surface area contributed by atoms with Crippen molar-refractivity contribution < 1.29 is 12.8 Å². The summed E-state index contributed by atoms with van der Waals surface area (Å²) in [6, 6.07) is 10.3. The van der Waals surface area contributed by atoms with Crippen LogP contribution in [0.25, 0.3) is 0 Å². The Balaban J connectivity index is 2.36. The van der Waals surface area contributed by atoms with Gasteiger partial charge in [0, 0.05) is 8.95 Å². The van der Waals surface area contributed by atoms with E-state index in [9.17, 15) is 12.8 Å². The highest BCUT2D eigenvalue weighted by molar-refractivity contribution is 9.10. The molecule has 0 bridgehead atoms. The van der Waals surface area contributed by atoms with E-state index in [1.165, 1.54) is 24.3 Å². The van der Waals surface area contributed by atoms with Gasteiger partial charge in [0.05, 0.1) is 10.6 Å². The maximum Gasteiger partial charge on any atom is 0.262 e. The zero-order valence-electron chi connectivity index (χ0n) is 9.40. The molecule has 0 spiro atoms. The highest BCUT2D eigenvalue weighted by Gasteiger charge is 2.16. The summed E-state index contributed by atoms with van der Waals surface area (Å²) in [5, 5.41) is 0. The van der Waals surface area contributed by atoms with Crippen molar-refractivity contribution in [1.82, 2.24) is 0 Å². The molecule has 0 aliphatic rings. The van der Waals surface area contributed by atoms with Gasteiger partial charge >= 0.3 is 0 Å². The lowest BCUT2D eigenvalue weighted by Gasteiger charge is -2.09. The van der Waals surface area contributed by atoms with Gasteiger partial charge in [-0.25, -0.2) is 12.8 Å². The van der Waals surface area contributed by atoms with Crippen LogP contribution in [0.3, 0.4) is 0 Å². The van der Waals surface area contributed by atoms with E-state index in [-0.39, 0.29) is 10.6 Å². The molecular weight excluding hydrogens is 401 g/mol. The van der Waals surface area contributed by atoms with E-state index in [0.29, 0.717) is 8.95 Å². The third kappa shape index (κ3) is 3.55. The van der Waals surface area contributed by atoms with E-state index in [1.54, 1.807) is 18.2 Å². The first-order valence-corrected chi connectivity index (χ1v) is 8.19. The number of rotatable bonds is 3. The fourth-order valence-corrected chi connectivity index (χ4v) is 3.41. The average Bonchev–Trinajstić information content (AvgIpc) is 2.33. The Kier molecular flexibility index (Phi) is 4.27. The monoisotopic (exact) mass is 407 g/mol. The van der Waals surface area contributed by atoms with Crippen LogP contribution in [-0.2, 0) is 10.0 Å². The molecule has 2 rings (SSSR count). The molecule has 2 aromatic carbocycles. The van der Waals surface area contributed by atoms with Crippen LogP contribution in [0.1, 0.15) is 0 Å². The van der Waals surface area contributed by atoms with E-state index < -0.39 is 15.8 Å². The van der Waals surface area contributed by atoms with E-state index in [2.05, 4.69) is 36.6 Å². The molecule has 0 atom stereocenters. The minimum atomic E-state index is -3.81. The lowest BCUT2D eigenvalue weighted by Crippen LogP contribution is -2.13. The molecule has 19 heavy (non-hydrogen) atoms. The first kappa shape index (κ1) is 14.5. The molecule has 0 aromatic heterocycles. The molecule has 0 heterocycles. The molecule has 0 amide bonds. The topological polar surface area (TPSA) is 46.2 Å². The summed E-state index contributed by atoms with van der Waals surface area (Å²) in [4.78, 5) is 0.0594. The van der Waals surface area contributed by atoms with Crippen molar-refractivity contribution in [3.05, 3.63) is 57.2 Å². The molecule has 100 valence electrons. The quantitative estimate of drug-likeness (QED) is 0.828. The van der Waals surface area contributed by atoms with Crippen molar-refractivity contribution in [2.75, 3.05) is 4.72 Å². The second-order valence-corrected chi connectivity index (χ2v) is 7.20. The number of nitrogens with one attached hydrogen (secondary N) is 1.